The van der Waals surface area contributed by atoms with Crippen molar-refractivity contribution >= 4 is 40.0 Å². The number of aromatic nitrogens is 1. The number of halogens is 1. The van der Waals surface area contributed by atoms with Crippen LogP contribution in [0, 0.1) is 0 Å². The van der Waals surface area contributed by atoms with Gasteiger partial charge in [0.25, 0.3) is 11.8 Å². The smallest absolute Gasteiger partial charge is 0.256 e. The highest BCUT2D eigenvalue weighted by Crippen LogP contribution is 2.28. The third kappa shape index (κ3) is 4.45. The SMILES string of the molecule is O=C(Nc1ccc(C(=O)N2CCCC2)cc1)c1cc(-c2ccccc2)nc2ccc(Cl)cc12. The van der Waals surface area contributed by atoms with E-state index in [0.29, 0.717) is 38.4 Å². The summed E-state index contributed by atoms with van der Waals surface area (Å²) in [6.45, 7) is 1.61. The number of nitrogens with one attached hydrogen (secondary N) is 1. The average molecular weight is 456 g/mol. The molecule has 5 rings (SSSR count). The maximum absolute atomic E-state index is 13.3. The molecule has 0 bridgehead atoms. The summed E-state index contributed by atoms with van der Waals surface area (Å²) >= 11 is 6.22. The van der Waals surface area contributed by atoms with E-state index in [1.54, 1.807) is 42.5 Å². The molecule has 1 aromatic heterocycles. The van der Waals surface area contributed by atoms with Crippen LogP contribution in [-0.4, -0.2) is 34.8 Å². The molecule has 3 aromatic carbocycles. The van der Waals surface area contributed by atoms with Gasteiger partial charge in [-0.25, -0.2) is 4.98 Å². The maximum Gasteiger partial charge on any atom is 0.256 e. The third-order valence-corrected chi connectivity index (χ3v) is 6.10. The molecule has 164 valence electrons. The predicted octanol–water partition coefficient (Wildman–Crippen LogP) is 6.04. The summed E-state index contributed by atoms with van der Waals surface area (Å²) in [6.07, 6.45) is 2.10. The Bertz CT molecular complexity index is 1330. The Morgan fingerprint density at radius 3 is 2.33 bits per heavy atom. The van der Waals surface area contributed by atoms with Crippen LogP contribution in [0.25, 0.3) is 22.2 Å². The van der Waals surface area contributed by atoms with E-state index in [0.717, 1.165) is 31.5 Å². The van der Waals surface area contributed by atoms with Gasteiger partial charge in [0.2, 0.25) is 0 Å². The second-order valence-electron chi connectivity index (χ2n) is 8.11. The van der Waals surface area contributed by atoms with Crippen molar-refractivity contribution < 1.29 is 9.59 Å². The zero-order valence-electron chi connectivity index (χ0n) is 17.9. The number of carbonyl (C=O) groups excluding carboxylic acids is 2. The van der Waals surface area contributed by atoms with Crippen molar-refractivity contribution in [3.63, 3.8) is 0 Å². The van der Waals surface area contributed by atoms with E-state index in [1.807, 2.05) is 41.3 Å². The van der Waals surface area contributed by atoms with E-state index in [-0.39, 0.29) is 11.8 Å². The molecule has 2 heterocycles. The van der Waals surface area contributed by atoms with Crippen LogP contribution in [0.4, 0.5) is 5.69 Å². The largest absolute Gasteiger partial charge is 0.339 e. The topological polar surface area (TPSA) is 62.3 Å². The van der Waals surface area contributed by atoms with Gasteiger partial charge in [0.15, 0.2) is 0 Å². The second-order valence-corrected chi connectivity index (χ2v) is 8.55. The van der Waals surface area contributed by atoms with Gasteiger partial charge >= 0.3 is 0 Å². The molecule has 0 spiro atoms. The predicted molar refractivity (Wildman–Crippen MR) is 132 cm³/mol. The lowest BCUT2D eigenvalue weighted by Gasteiger charge is -2.15. The Labute approximate surface area is 197 Å². The van der Waals surface area contributed by atoms with Crippen molar-refractivity contribution in [3.05, 3.63) is 95.0 Å². The van der Waals surface area contributed by atoms with Gasteiger partial charge < -0.3 is 10.2 Å². The highest BCUT2D eigenvalue weighted by atomic mass is 35.5. The van der Waals surface area contributed by atoms with Crippen LogP contribution >= 0.6 is 11.6 Å². The molecule has 1 fully saturated rings. The number of pyridine rings is 1. The fourth-order valence-corrected chi connectivity index (χ4v) is 4.31. The molecule has 1 saturated heterocycles. The first-order chi connectivity index (χ1) is 16.1. The Hall–Kier alpha value is -3.70. The molecule has 0 unspecified atom stereocenters. The van der Waals surface area contributed by atoms with E-state index in [4.69, 9.17) is 16.6 Å². The number of likely N-dealkylation sites (tertiary alicyclic amines) is 1. The summed E-state index contributed by atoms with van der Waals surface area (Å²) < 4.78 is 0. The van der Waals surface area contributed by atoms with Gasteiger partial charge in [0, 0.05) is 40.3 Å². The number of anilines is 1. The number of rotatable bonds is 4. The number of carbonyl (C=O) groups is 2. The Balaban J connectivity index is 1.45. The lowest BCUT2D eigenvalue weighted by molar-refractivity contribution is 0.0792. The molecule has 1 aliphatic rings. The molecule has 33 heavy (non-hydrogen) atoms. The minimum atomic E-state index is -0.263. The molecule has 0 aliphatic carbocycles. The van der Waals surface area contributed by atoms with E-state index in [2.05, 4.69) is 5.32 Å². The molecular formula is C27H22ClN3O2. The molecule has 1 N–H and O–H groups in total. The van der Waals surface area contributed by atoms with Gasteiger partial charge in [-0.2, -0.15) is 0 Å². The van der Waals surface area contributed by atoms with Crippen LogP contribution in [0.5, 0.6) is 0 Å². The molecule has 1 aliphatic heterocycles. The third-order valence-electron chi connectivity index (χ3n) is 5.87. The van der Waals surface area contributed by atoms with Crippen molar-refractivity contribution in [2.45, 2.75) is 12.8 Å². The standard InChI is InChI=1S/C27H22ClN3O2/c28-20-10-13-24-22(16-20)23(17-25(30-24)18-6-2-1-3-7-18)26(32)29-21-11-8-19(9-12-21)27(33)31-14-4-5-15-31/h1-3,6-13,16-17H,4-5,14-15H2,(H,29,32). The molecule has 0 radical (unpaired) electrons. The van der Waals surface area contributed by atoms with E-state index >= 15 is 0 Å². The Morgan fingerprint density at radius 2 is 1.61 bits per heavy atom. The average Bonchev–Trinajstić information content (AvgIpc) is 3.39. The van der Waals surface area contributed by atoms with E-state index in [9.17, 15) is 9.59 Å². The fraction of sp³-hybridized carbons (Fsp3) is 0.148. The van der Waals surface area contributed by atoms with Crippen LogP contribution in [0.15, 0.2) is 78.9 Å². The minimum Gasteiger partial charge on any atom is -0.339 e. The monoisotopic (exact) mass is 455 g/mol. The van der Waals surface area contributed by atoms with Crippen molar-refractivity contribution in [2.75, 3.05) is 18.4 Å². The highest BCUT2D eigenvalue weighted by molar-refractivity contribution is 6.31. The normalized spacial score (nSPS) is 13.3. The number of hydrogen-bond donors (Lipinski definition) is 1. The quantitative estimate of drug-likeness (QED) is 0.408. The second kappa shape index (κ2) is 9.04. The summed E-state index contributed by atoms with van der Waals surface area (Å²) in [4.78, 5) is 32.5. The van der Waals surface area contributed by atoms with Crippen LogP contribution in [-0.2, 0) is 0 Å². The summed E-state index contributed by atoms with van der Waals surface area (Å²) in [7, 11) is 0. The highest BCUT2D eigenvalue weighted by Gasteiger charge is 2.20. The summed E-state index contributed by atoms with van der Waals surface area (Å²) in [5.41, 5.74) is 4.06. The van der Waals surface area contributed by atoms with Gasteiger partial charge in [-0.3, -0.25) is 9.59 Å². The number of benzene rings is 3. The van der Waals surface area contributed by atoms with Crippen LogP contribution in [0.3, 0.4) is 0 Å². The summed E-state index contributed by atoms with van der Waals surface area (Å²) in [5, 5.41) is 4.17. The molecule has 2 amide bonds. The van der Waals surface area contributed by atoms with Gasteiger partial charge in [-0.1, -0.05) is 41.9 Å². The van der Waals surface area contributed by atoms with Gasteiger partial charge in [-0.15, -0.1) is 0 Å². The molecule has 0 saturated carbocycles. The molecule has 0 atom stereocenters. The number of nitrogens with zero attached hydrogens (tertiary/aromatic N) is 2. The summed E-state index contributed by atoms with van der Waals surface area (Å²) in [6, 6.07) is 23.9. The van der Waals surface area contributed by atoms with Crippen molar-refractivity contribution in [2.24, 2.45) is 0 Å². The molecule has 4 aromatic rings. The summed E-state index contributed by atoms with van der Waals surface area (Å²) in [5.74, 6) is -0.229. The van der Waals surface area contributed by atoms with Crippen molar-refractivity contribution in [1.82, 2.24) is 9.88 Å². The Kier molecular flexibility index (Phi) is 5.80. The molecular weight excluding hydrogens is 434 g/mol. The van der Waals surface area contributed by atoms with E-state index < -0.39 is 0 Å². The number of hydrogen-bond acceptors (Lipinski definition) is 3. The van der Waals surface area contributed by atoms with Gasteiger partial charge in [0.05, 0.1) is 16.8 Å². The number of fused-ring (bicyclic) bond motifs is 1. The lowest BCUT2D eigenvalue weighted by atomic mass is 10.0. The Morgan fingerprint density at radius 1 is 0.879 bits per heavy atom. The molecule has 5 nitrogen and oxygen atoms in total. The van der Waals surface area contributed by atoms with Crippen LogP contribution < -0.4 is 5.32 Å². The molecule has 6 heteroatoms. The van der Waals surface area contributed by atoms with E-state index in [1.165, 1.54) is 0 Å². The van der Waals surface area contributed by atoms with Crippen molar-refractivity contribution in [1.29, 1.82) is 0 Å². The van der Waals surface area contributed by atoms with Gasteiger partial charge in [0.1, 0.15) is 0 Å². The first-order valence-electron chi connectivity index (χ1n) is 10.9. The van der Waals surface area contributed by atoms with Gasteiger partial charge in [-0.05, 0) is 61.4 Å². The van der Waals surface area contributed by atoms with Crippen molar-refractivity contribution in [3.8, 4) is 11.3 Å². The first kappa shape index (κ1) is 21.2. The first-order valence-corrected chi connectivity index (χ1v) is 11.3. The van der Waals surface area contributed by atoms with Crippen LogP contribution in [0.2, 0.25) is 5.02 Å². The number of amides is 2. The van der Waals surface area contributed by atoms with Crippen LogP contribution in [0.1, 0.15) is 33.6 Å². The lowest BCUT2D eigenvalue weighted by Crippen LogP contribution is -2.27. The maximum atomic E-state index is 13.3. The minimum absolute atomic E-state index is 0.0349. The zero-order chi connectivity index (χ0) is 22.8. The zero-order valence-corrected chi connectivity index (χ0v) is 18.7. The fourth-order valence-electron chi connectivity index (χ4n) is 4.14.